The number of carbonyl (C=O) groups is 4. The van der Waals surface area contributed by atoms with Gasteiger partial charge in [-0.1, -0.05) is 0 Å². The van der Waals surface area contributed by atoms with Gasteiger partial charge in [0, 0.05) is 0 Å². The van der Waals surface area contributed by atoms with Crippen LogP contribution in [0.25, 0.3) is 0 Å². The first kappa shape index (κ1) is 21.5. The van der Waals surface area contributed by atoms with E-state index in [1.54, 1.807) is 0 Å². The maximum absolute atomic E-state index is 10.5. The van der Waals surface area contributed by atoms with Crippen molar-refractivity contribution in [3.63, 3.8) is 0 Å². The van der Waals surface area contributed by atoms with E-state index in [2.05, 4.69) is 9.47 Å². The summed E-state index contributed by atoms with van der Waals surface area (Å²) in [6, 6.07) is 0. The zero-order valence-electron chi connectivity index (χ0n) is 12.8. The number of carbonyl (C=O) groups excluding carboxylic acids is 4. The number of ketones is 2. The standard InChI is InChI=1S/C8H14O5.C5H8O3/c1-7(9)5-12-3-4-13-6-8(10)11-2;1-4(6)3-5(7)8-2/h3-6H2,1-2H3;3H2,1-2H3. The van der Waals surface area contributed by atoms with Crippen LogP contribution < -0.4 is 0 Å². The smallest absolute Gasteiger partial charge is 0.331 e. The van der Waals surface area contributed by atoms with E-state index >= 15 is 0 Å². The summed E-state index contributed by atoms with van der Waals surface area (Å²) in [4.78, 5) is 41.2. The molecule has 0 heterocycles. The van der Waals surface area contributed by atoms with E-state index < -0.39 is 11.9 Å². The molecule has 0 fully saturated rings. The predicted octanol–water partition coefficient (Wildman–Crippen LogP) is -0.0799. The minimum Gasteiger partial charge on any atom is -0.469 e. The highest BCUT2D eigenvalue weighted by atomic mass is 16.6. The molecule has 0 aliphatic heterocycles. The van der Waals surface area contributed by atoms with Gasteiger partial charge in [-0.25, -0.2) is 4.79 Å². The van der Waals surface area contributed by atoms with Crippen molar-refractivity contribution in [3.8, 4) is 0 Å². The highest BCUT2D eigenvalue weighted by molar-refractivity contribution is 5.93. The summed E-state index contributed by atoms with van der Waals surface area (Å²) in [6.07, 6.45) is -0.115. The fourth-order valence-electron chi connectivity index (χ4n) is 0.824. The summed E-state index contributed by atoms with van der Waals surface area (Å²) in [5.41, 5.74) is 0. The Balaban J connectivity index is 0. The molecule has 8 heteroatoms. The fraction of sp³-hybridized carbons (Fsp3) is 0.692. The van der Waals surface area contributed by atoms with Gasteiger partial charge in [0.25, 0.3) is 0 Å². The topological polar surface area (TPSA) is 105 Å². The summed E-state index contributed by atoms with van der Waals surface area (Å²) in [5.74, 6) is -1.10. The van der Waals surface area contributed by atoms with Gasteiger partial charge in [-0.05, 0) is 13.8 Å². The maximum Gasteiger partial charge on any atom is 0.331 e. The summed E-state index contributed by atoms with van der Waals surface area (Å²) < 4.78 is 18.3. The Morgan fingerprint density at radius 1 is 0.714 bits per heavy atom. The maximum atomic E-state index is 10.5. The van der Waals surface area contributed by atoms with Crippen LogP contribution in [0, 0.1) is 0 Å². The molecule has 122 valence electrons. The molecule has 0 atom stereocenters. The fourth-order valence-corrected chi connectivity index (χ4v) is 0.824. The third kappa shape index (κ3) is 20.7. The summed E-state index contributed by atoms with van der Waals surface area (Å²) in [6.45, 7) is 3.37. The van der Waals surface area contributed by atoms with Crippen molar-refractivity contribution < 1.29 is 38.1 Å². The molecule has 0 spiro atoms. The van der Waals surface area contributed by atoms with Crippen molar-refractivity contribution in [2.75, 3.05) is 40.6 Å². The molecule has 8 nitrogen and oxygen atoms in total. The highest BCUT2D eigenvalue weighted by Gasteiger charge is 2.01. The van der Waals surface area contributed by atoms with E-state index in [1.165, 1.54) is 28.1 Å². The SMILES string of the molecule is COC(=O)CC(C)=O.COC(=O)COCCOCC(C)=O. The van der Waals surface area contributed by atoms with E-state index in [9.17, 15) is 19.2 Å². The molecule has 0 saturated heterocycles. The normalized spacial score (nSPS) is 9.14. The molecule has 0 saturated carbocycles. The van der Waals surface area contributed by atoms with Crippen molar-refractivity contribution in [2.45, 2.75) is 20.3 Å². The van der Waals surface area contributed by atoms with E-state index in [-0.39, 0.29) is 37.8 Å². The number of esters is 2. The summed E-state index contributed by atoms with van der Waals surface area (Å²) in [5, 5.41) is 0. The van der Waals surface area contributed by atoms with E-state index in [1.807, 2.05) is 0 Å². The van der Waals surface area contributed by atoms with Gasteiger partial charge < -0.3 is 18.9 Å². The van der Waals surface area contributed by atoms with E-state index in [4.69, 9.17) is 9.47 Å². The molecular weight excluding hydrogens is 284 g/mol. The van der Waals surface area contributed by atoms with Crippen LogP contribution in [0.2, 0.25) is 0 Å². The number of hydrogen-bond donors (Lipinski definition) is 0. The molecule has 0 aromatic rings. The zero-order chi connectivity index (χ0) is 16.7. The van der Waals surface area contributed by atoms with Gasteiger partial charge in [0.1, 0.15) is 25.4 Å². The Kier molecular flexibility index (Phi) is 15.0. The first-order valence-corrected chi connectivity index (χ1v) is 6.11. The van der Waals surface area contributed by atoms with Crippen LogP contribution in [-0.2, 0) is 38.1 Å². The van der Waals surface area contributed by atoms with Gasteiger partial charge in [-0.15, -0.1) is 0 Å². The van der Waals surface area contributed by atoms with Gasteiger partial charge in [-0.2, -0.15) is 0 Å². The monoisotopic (exact) mass is 306 g/mol. The van der Waals surface area contributed by atoms with E-state index in [0.717, 1.165) is 0 Å². The Bertz CT molecular complexity index is 337. The second-order valence-electron chi connectivity index (χ2n) is 3.84. The average molecular weight is 306 g/mol. The van der Waals surface area contributed by atoms with Gasteiger partial charge in [-0.3, -0.25) is 14.4 Å². The molecular formula is C13H22O8. The zero-order valence-corrected chi connectivity index (χ0v) is 12.8. The van der Waals surface area contributed by atoms with Crippen LogP contribution in [0.4, 0.5) is 0 Å². The van der Waals surface area contributed by atoms with Crippen molar-refractivity contribution in [1.82, 2.24) is 0 Å². The second kappa shape index (κ2) is 14.6. The molecule has 0 N–H and O–H groups in total. The Morgan fingerprint density at radius 3 is 1.52 bits per heavy atom. The second-order valence-corrected chi connectivity index (χ2v) is 3.84. The Hall–Kier alpha value is -1.80. The first-order chi connectivity index (χ1) is 9.83. The molecule has 0 bridgehead atoms. The molecule has 0 amide bonds. The quantitative estimate of drug-likeness (QED) is 0.331. The number of rotatable bonds is 9. The lowest BCUT2D eigenvalue weighted by atomic mass is 10.3. The minimum atomic E-state index is -0.475. The molecule has 0 radical (unpaired) electrons. The van der Waals surface area contributed by atoms with Gasteiger partial charge in [0.05, 0.1) is 27.4 Å². The average Bonchev–Trinajstić information content (AvgIpc) is 2.41. The van der Waals surface area contributed by atoms with Crippen LogP contribution in [-0.4, -0.2) is 64.2 Å². The van der Waals surface area contributed by atoms with Gasteiger partial charge in [0.15, 0.2) is 5.78 Å². The third-order valence-corrected chi connectivity index (χ3v) is 1.75. The molecule has 0 aliphatic rings. The molecule has 0 aliphatic carbocycles. The molecule has 0 unspecified atom stereocenters. The van der Waals surface area contributed by atoms with Gasteiger partial charge in [0.2, 0.25) is 0 Å². The van der Waals surface area contributed by atoms with Crippen LogP contribution in [0.15, 0.2) is 0 Å². The molecule has 0 aromatic carbocycles. The Morgan fingerprint density at radius 2 is 1.19 bits per heavy atom. The van der Waals surface area contributed by atoms with Gasteiger partial charge >= 0.3 is 11.9 Å². The predicted molar refractivity (Wildman–Crippen MR) is 71.6 cm³/mol. The highest BCUT2D eigenvalue weighted by Crippen LogP contribution is 1.83. The third-order valence-electron chi connectivity index (χ3n) is 1.75. The van der Waals surface area contributed by atoms with Crippen LogP contribution in [0.5, 0.6) is 0 Å². The van der Waals surface area contributed by atoms with Crippen molar-refractivity contribution in [1.29, 1.82) is 0 Å². The van der Waals surface area contributed by atoms with Crippen LogP contribution in [0.1, 0.15) is 20.3 Å². The van der Waals surface area contributed by atoms with Crippen LogP contribution in [0.3, 0.4) is 0 Å². The van der Waals surface area contributed by atoms with Crippen molar-refractivity contribution in [3.05, 3.63) is 0 Å². The summed E-state index contributed by atoms with van der Waals surface area (Å²) >= 11 is 0. The number of methoxy groups -OCH3 is 2. The van der Waals surface area contributed by atoms with Crippen LogP contribution >= 0.6 is 0 Å². The lowest BCUT2D eigenvalue weighted by Crippen LogP contribution is -2.14. The minimum absolute atomic E-state index is 0.0343. The lowest BCUT2D eigenvalue weighted by molar-refractivity contribution is -0.146. The Labute approximate surface area is 123 Å². The molecule has 21 heavy (non-hydrogen) atoms. The first-order valence-electron chi connectivity index (χ1n) is 6.11. The largest absolute Gasteiger partial charge is 0.469 e. The van der Waals surface area contributed by atoms with Crippen molar-refractivity contribution >= 4 is 23.5 Å². The number of hydrogen-bond acceptors (Lipinski definition) is 8. The van der Waals surface area contributed by atoms with E-state index in [0.29, 0.717) is 6.61 Å². The lowest BCUT2D eigenvalue weighted by Gasteiger charge is -2.02. The summed E-state index contributed by atoms with van der Waals surface area (Å²) in [7, 11) is 2.54. The molecule has 0 aromatic heterocycles. The number of Topliss-reactive ketones (excluding diaryl/α,β-unsaturated/α-hetero) is 2. The molecule has 0 rings (SSSR count). The van der Waals surface area contributed by atoms with Crippen molar-refractivity contribution in [2.24, 2.45) is 0 Å². The number of ether oxygens (including phenoxy) is 4.